The molecule has 0 saturated carbocycles. The highest BCUT2D eigenvalue weighted by Gasteiger charge is 2.54. The predicted octanol–water partition coefficient (Wildman–Crippen LogP) is 0.483. The van der Waals surface area contributed by atoms with E-state index in [-0.39, 0.29) is 29.4 Å². The van der Waals surface area contributed by atoms with Crippen molar-refractivity contribution in [1.82, 2.24) is 4.90 Å². The molecule has 0 N–H and O–H groups in total. The number of hydrogen-bond donors (Lipinski definition) is 0. The maximum absolute atomic E-state index is 12.7. The van der Waals surface area contributed by atoms with Gasteiger partial charge in [0.25, 0.3) is 5.91 Å². The van der Waals surface area contributed by atoms with Crippen LogP contribution in [0.1, 0.15) is 20.8 Å². The minimum absolute atomic E-state index is 0.0541. The third kappa shape index (κ3) is 2.59. The zero-order chi connectivity index (χ0) is 16.4. The normalized spacial score (nSPS) is 28.2. The number of hydrogen-bond acceptors (Lipinski definition) is 6. The van der Waals surface area contributed by atoms with Crippen LogP contribution < -0.4 is 0 Å². The molecule has 1 fully saturated rings. The van der Waals surface area contributed by atoms with Gasteiger partial charge in [0.1, 0.15) is 17.8 Å². The number of amides is 1. The summed E-state index contributed by atoms with van der Waals surface area (Å²) in [5, 5.41) is 0. The predicted molar refractivity (Wildman–Crippen MR) is 77.0 cm³/mol. The van der Waals surface area contributed by atoms with Gasteiger partial charge in [0, 0.05) is 13.2 Å². The molecule has 3 unspecified atom stereocenters. The molecule has 0 radical (unpaired) electrons. The van der Waals surface area contributed by atoms with Gasteiger partial charge in [0.2, 0.25) is 0 Å². The van der Waals surface area contributed by atoms with Gasteiger partial charge >= 0.3 is 5.97 Å². The molecule has 3 atom stereocenters. The summed E-state index contributed by atoms with van der Waals surface area (Å²) in [6.45, 7) is 6.26. The molecule has 0 aliphatic carbocycles. The second-order valence-corrected chi connectivity index (χ2v) is 5.49. The molecule has 2 aliphatic heterocycles. The Balaban J connectivity index is 2.46. The number of ether oxygens (including phenoxy) is 4. The van der Waals surface area contributed by atoms with E-state index in [2.05, 4.69) is 0 Å². The van der Waals surface area contributed by atoms with Crippen molar-refractivity contribution in [3.05, 3.63) is 11.3 Å². The molecular weight excluding hydrogens is 290 g/mol. The minimum atomic E-state index is -0.574. The molecule has 0 bridgehead atoms. The smallest absolute Gasteiger partial charge is 0.339 e. The Bertz CT molecular complexity index is 484. The molecule has 2 aliphatic rings. The van der Waals surface area contributed by atoms with E-state index in [9.17, 15) is 9.59 Å². The summed E-state index contributed by atoms with van der Waals surface area (Å²) < 4.78 is 21.2. The van der Waals surface area contributed by atoms with Crippen LogP contribution in [0.15, 0.2) is 11.3 Å². The van der Waals surface area contributed by atoms with Gasteiger partial charge in [-0.25, -0.2) is 4.79 Å². The fourth-order valence-electron chi connectivity index (χ4n) is 2.90. The summed E-state index contributed by atoms with van der Waals surface area (Å²) >= 11 is 0. The van der Waals surface area contributed by atoms with Gasteiger partial charge in [0.15, 0.2) is 5.76 Å². The quantitative estimate of drug-likeness (QED) is 0.664. The molecule has 22 heavy (non-hydrogen) atoms. The average Bonchev–Trinajstić information content (AvgIpc) is 2.71. The lowest BCUT2D eigenvalue weighted by molar-refractivity contribution is -0.197. The number of esters is 1. The zero-order valence-electron chi connectivity index (χ0n) is 13.6. The highest BCUT2D eigenvalue weighted by Crippen LogP contribution is 2.37. The van der Waals surface area contributed by atoms with Crippen molar-refractivity contribution in [3.63, 3.8) is 0 Å². The van der Waals surface area contributed by atoms with Crippen LogP contribution in [0.25, 0.3) is 0 Å². The fraction of sp³-hybridized carbons (Fsp3) is 0.733. The fourth-order valence-corrected chi connectivity index (χ4v) is 2.90. The molecule has 2 heterocycles. The molecule has 124 valence electrons. The van der Waals surface area contributed by atoms with Gasteiger partial charge < -0.3 is 23.8 Å². The topological polar surface area (TPSA) is 74.3 Å². The van der Waals surface area contributed by atoms with Crippen LogP contribution in [-0.4, -0.2) is 68.5 Å². The van der Waals surface area contributed by atoms with E-state index < -0.39 is 18.1 Å². The van der Waals surface area contributed by atoms with Gasteiger partial charge in [-0.15, -0.1) is 0 Å². The van der Waals surface area contributed by atoms with Gasteiger partial charge in [-0.1, -0.05) is 0 Å². The summed E-state index contributed by atoms with van der Waals surface area (Å²) in [6.07, 6.45) is -0.567. The molecule has 0 aromatic heterocycles. The van der Waals surface area contributed by atoms with Gasteiger partial charge in [0.05, 0.1) is 26.4 Å². The first kappa shape index (κ1) is 16.8. The van der Waals surface area contributed by atoms with Crippen LogP contribution in [0, 0.1) is 0 Å². The Morgan fingerprint density at radius 3 is 2.50 bits per heavy atom. The first-order chi connectivity index (χ1) is 10.5. The van der Waals surface area contributed by atoms with Crippen molar-refractivity contribution < 1.29 is 28.5 Å². The van der Waals surface area contributed by atoms with Crippen LogP contribution in [0.2, 0.25) is 0 Å². The van der Waals surface area contributed by atoms with Crippen LogP contribution in [0.5, 0.6) is 0 Å². The van der Waals surface area contributed by atoms with E-state index in [4.69, 9.17) is 18.9 Å². The Hall–Kier alpha value is -1.60. The monoisotopic (exact) mass is 313 g/mol. The molecule has 0 aromatic carbocycles. The average molecular weight is 313 g/mol. The minimum Gasteiger partial charge on any atom is -0.488 e. The molecule has 1 saturated heterocycles. The summed E-state index contributed by atoms with van der Waals surface area (Å²) in [7, 11) is 2.87. The zero-order valence-corrected chi connectivity index (χ0v) is 13.6. The van der Waals surface area contributed by atoms with E-state index >= 15 is 0 Å². The third-order valence-corrected chi connectivity index (χ3v) is 3.95. The number of carbonyl (C=O) groups is 2. The van der Waals surface area contributed by atoms with Gasteiger partial charge in [-0.2, -0.15) is 0 Å². The van der Waals surface area contributed by atoms with E-state index in [1.54, 1.807) is 18.9 Å². The van der Waals surface area contributed by atoms with Gasteiger partial charge in [-0.3, -0.25) is 4.79 Å². The Labute approximate surface area is 130 Å². The Morgan fingerprint density at radius 1 is 1.41 bits per heavy atom. The Morgan fingerprint density at radius 2 is 2.09 bits per heavy atom. The van der Waals surface area contributed by atoms with Crippen molar-refractivity contribution >= 4 is 11.9 Å². The lowest BCUT2D eigenvalue weighted by Gasteiger charge is -2.43. The molecular formula is C15H23NO6. The first-order valence-electron chi connectivity index (χ1n) is 7.40. The Kier molecular flexibility index (Phi) is 5.08. The number of nitrogens with zero attached hydrogens (tertiary/aromatic N) is 1. The lowest BCUT2D eigenvalue weighted by atomic mass is 9.94. The van der Waals surface area contributed by atoms with E-state index in [1.807, 2.05) is 13.8 Å². The van der Waals surface area contributed by atoms with Crippen LogP contribution in [0.3, 0.4) is 0 Å². The molecule has 1 amide bonds. The van der Waals surface area contributed by atoms with Crippen molar-refractivity contribution in [2.45, 2.75) is 45.1 Å². The summed E-state index contributed by atoms with van der Waals surface area (Å²) in [6, 6.07) is -0.669. The summed E-state index contributed by atoms with van der Waals surface area (Å²) in [5.41, 5.74) is 0.217. The van der Waals surface area contributed by atoms with Crippen molar-refractivity contribution in [3.8, 4) is 0 Å². The van der Waals surface area contributed by atoms with Crippen molar-refractivity contribution in [2.24, 2.45) is 0 Å². The van der Waals surface area contributed by atoms with E-state index in [0.717, 1.165) is 0 Å². The standard InChI is InChI=1S/C15H23NO6/c1-6-21-13-10(15(18)20-5)11(12-9(19-4)7-22-12)16(8(2)3)14(13)17/h8-9,11-12H,6-7H2,1-5H3. The third-order valence-electron chi connectivity index (χ3n) is 3.95. The van der Waals surface area contributed by atoms with Crippen LogP contribution in [0.4, 0.5) is 0 Å². The molecule has 0 aromatic rings. The van der Waals surface area contributed by atoms with E-state index in [1.165, 1.54) is 7.11 Å². The van der Waals surface area contributed by atoms with E-state index in [0.29, 0.717) is 13.2 Å². The second kappa shape index (κ2) is 6.66. The molecule has 2 rings (SSSR count). The largest absolute Gasteiger partial charge is 0.488 e. The maximum Gasteiger partial charge on any atom is 0.339 e. The van der Waals surface area contributed by atoms with Crippen LogP contribution >= 0.6 is 0 Å². The lowest BCUT2D eigenvalue weighted by Crippen LogP contribution is -2.60. The molecule has 7 heteroatoms. The second-order valence-electron chi connectivity index (χ2n) is 5.49. The summed E-state index contributed by atoms with van der Waals surface area (Å²) in [4.78, 5) is 26.5. The molecule has 7 nitrogen and oxygen atoms in total. The number of methoxy groups -OCH3 is 2. The van der Waals surface area contributed by atoms with Crippen molar-refractivity contribution in [2.75, 3.05) is 27.4 Å². The number of rotatable bonds is 6. The van der Waals surface area contributed by atoms with Crippen LogP contribution in [-0.2, 0) is 28.5 Å². The van der Waals surface area contributed by atoms with Crippen molar-refractivity contribution in [1.29, 1.82) is 0 Å². The molecule has 0 spiro atoms. The highest BCUT2D eigenvalue weighted by molar-refractivity contribution is 6.06. The maximum atomic E-state index is 12.7. The SMILES string of the molecule is CCOC1=C(C(=O)OC)C(C2OCC2OC)N(C(C)C)C1=O. The highest BCUT2D eigenvalue weighted by atomic mass is 16.6. The van der Waals surface area contributed by atoms with Gasteiger partial charge in [-0.05, 0) is 20.8 Å². The first-order valence-corrected chi connectivity index (χ1v) is 7.40. The summed E-state index contributed by atoms with van der Waals surface area (Å²) in [5.74, 6) is -0.832. The number of carbonyl (C=O) groups excluding carboxylic acids is 2.